The molecule has 0 radical (unpaired) electrons. The average Bonchev–Trinajstić information content (AvgIpc) is 3.01. The first-order chi connectivity index (χ1) is 11.7. The Labute approximate surface area is 149 Å². The van der Waals surface area contributed by atoms with Crippen LogP contribution in [0.5, 0.6) is 5.75 Å². The number of hydrogen-bond acceptors (Lipinski definition) is 4. The minimum absolute atomic E-state index is 0.126. The molecule has 1 saturated carbocycles. The number of carbonyl (C=O) groups is 1. The highest BCUT2D eigenvalue weighted by Crippen LogP contribution is 2.36. The Kier molecular flexibility index (Phi) is 4.73. The van der Waals surface area contributed by atoms with Crippen molar-refractivity contribution in [3.05, 3.63) is 24.3 Å². The van der Waals surface area contributed by atoms with Crippen molar-refractivity contribution in [2.45, 2.75) is 70.3 Å². The maximum Gasteiger partial charge on any atom is 0.494 e. The van der Waals surface area contributed by atoms with Gasteiger partial charge in [-0.1, -0.05) is 12.1 Å². The van der Waals surface area contributed by atoms with Crippen LogP contribution in [0.2, 0.25) is 0 Å². The number of amides is 1. The number of ether oxygens (including phenoxy) is 1. The predicted octanol–water partition coefficient (Wildman–Crippen LogP) is 2.55. The molecule has 1 aromatic carbocycles. The number of carboxylic acid groups (broad SMARTS) is 1. The van der Waals surface area contributed by atoms with Crippen molar-refractivity contribution in [3.8, 4) is 5.75 Å². The van der Waals surface area contributed by atoms with Gasteiger partial charge in [0.15, 0.2) is 0 Å². The largest absolute Gasteiger partial charge is 0.494 e. The molecule has 7 heteroatoms. The molecule has 1 heterocycles. The van der Waals surface area contributed by atoms with Gasteiger partial charge in [-0.05, 0) is 64.6 Å². The van der Waals surface area contributed by atoms with E-state index in [1.165, 1.54) is 0 Å². The van der Waals surface area contributed by atoms with Gasteiger partial charge in [-0.2, -0.15) is 0 Å². The van der Waals surface area contributed by atoms with Gasteiger partial charge < -0.3 is 24.5 Å². The molecule has 0 aromatic heterocycles. The Morgan fingerprint density at radius 2 is 1.76 bits per heavy atom. The van der Waals surface area contributed by atoms with Gasteiger partial charge in [-0.15, -0.1) is 0 Å². The molecule has 1 aromatic rings. The quantitative estimate of drug-likeness (QED) is 0.819. The van der Waals surface area contributed by atoms with Gasteiger partial charge in [0.2, 0.25) is 0 Å². The second-order valence-corrected chi connectivity index (χ2v) is 7.80. The van der Waals surface area contributed by atoms with Crippen LogP contribution in [-0.4, -0.2) is 41.7 Å². The van der Waals surface area contributed by atoms with Gasteiger partial charge in [0, 0.05) is 0 Å². The zero-order valence-corrected chi connectivity index (χ0v) is 15.2. The highest BCUT2D eigenvalue weighted by atomic mass is 16.7. The van der Waals surface area contributed by atoms with E-state index in [2.05, 4.69) is 5.32 Å². The Morgan fingerprint density at radius 3 is 2.32 bits per heavy atom. The summed E-state index contributed by atoms with van der Waals surface area (Å²) in [5.41, 5.74) is 0.205. The molecule has 0 unspecified atom stereocenters. The van der Waals surface area contributed by atoms with E-state index < -0.39 is 13.2 Å². The summed E-state index contributed by atoms with van der Waals surface area (Å²) in [5.74, 6) is 0.726. The summed E-state index contributed by atoms with van der Waals surface area (Å²) in [6.45, 7) is 8.11. The summed E-state index contributed by atoms with van der Waals surface area (Å²) < 4.78 is 18.1. The summed E-state index contributed by atoms with van der Waals surface area (Å²) in [7, 11) is -0.396. The summed E-state index contributed by atoms with van der Waals surface area (Å²) in [5, 5.41) is 11.4. The van der Waals surface area contributed by atoms with Gasteiger partial charge in [0.1, 0.15) is 11.9 Å². The average molecular weight is 347 g/mol. The first-order valence-corrected chi connectivity index (χ1v) is 8.80. The van der Waals surface area contributed by atoms with E-state index in [-0.39, 0.29) is 23.3 Å². The summed E-state index contributed by atoms with van der Waals surface area (Å²) in [6, 6.07) is 7.49. The number of benzene rings is 1. The predicted molar refractivity (Wildman–Crippen MR) is 95.4 cm³/mol. The van der Waals surface area contributed by atoms with Gasteiger partial charge in [0.05, 0.1) is 17.2 Å². The van der Waals surface area contributed by atoms with Crippen molar-refractivity contribution >= 4 is 18.7 Å². The third-order valence-electron chi connectivity index (χ3n) is 5.45. The molecule has 3 rings (SSSR count). The summed E-state index contributed by atoms with van der Waals surface area (Å²) >= 11 is 0. The first-order valence-electron chi connectivity index (χ1n) is 8.80. The van der Waals surface area contributed by atoms with Gasteiger partial charge >= 0.3 is 13.2 Å². The maximum atomic E-state index is 10.9. The van der Waals surface area contributed by atoms with Crippen molar-refractivity contribution in [2.24, 2.45) is 0 Å². The van der Waals surface area contributed by atoms with Crippen molar-refractivity contribution in [3.63, 3.8) is 0 Å². The maximum absolute atomic E-state index is 10.9. The fraction of sp³-hybridized carbons (Fsp3) is 0.611. The van der Waals surface area contributed by atoms with E-state index in [0.29, 0.717) is 0 Å². The molecule has 0 spiro atoms. The molecule has 2 aliphatic rings. The van der Waals surface area contributed by atoms with Crippen molar-refractivity contribution in [1.82, 2.24) is 5.32 Å². The number of rotatable bonds is 4. The van der Waals surface area contributed by atoms with Crippen LogP contribution in [0.1, 0.15) is 47.0 Å². The Bertz CT molecular complexity index is 615. The van der Waals surface area contributed by atoms with Crippen LogP contribution < -0.4 is 15.5 Å². The molecule has 2 N–H and O–H groups in total. The fourth-order valence-electron chi connectivity index (χ4n) is 3.25. The molecule has 1 amide bonds. The van der Waals surface area contributed by atoms with Crippen LogP contribution >= 0.6 is 0 Å². The molecule has 136 valence electrons. The number of hydrogen-bond donors (Lipinski definition) is 2. The van der Waals surface area contributed by atoms with E-state index in [1.807, 2.05) is 52.0 Å². The Balaban J connectivity index is 1.64. The van der Waals surface area contributed by atoms with Gasteiger partial charge in [-0.25, -0.2) is 4.79 Å². The van der Waals surface area contributed by atoms with E-state index >= 15 is 0 Å². The third kappa shape index (κ3) is 3.77. The molecule has 1 aliphatic carbocycles. The van der Waals surface area contributed by atoms with Crippen molar-refractivity contribution in [2.75, 3.05) is 0 Å². The van der Waals surface area contributed by atoms with Crippen molar-refractivity contribution < 1.29 is 23.9 Å². The molecule has 25 heavy (non-hydrogen) atoms. The normalized spacial score (nSPS) is 27.3. The van der Waals surface area contributed by atoms with Crippen LogP contribution in [0, 0.1) is 0 Å². The Morgan fingerprint density at radius 1 is 1.16 bits per heavy atom. The van der Waals surface area contributed by atoms with Crippen LogP contribution in [0.4, 0.5) is 4.79 Å². The minimum atomic E-state index is -1.00. The fourth-order valence-corrected chi connectivity index (χ4v) is 3.25. The molecule has 6 nitrogen and oxygen atoms in total. The molecular formula is C18H26BNO5. The monoisotopic (exact) mass is 347 g/mol. The summed E-state index contributed by atoms with van der Waals surface area (Å²) in [4.78, 5) is 10.9. The molecule has 1 aliphatic heterocycles. The highest BCUT2D eigenvalue weighted by Gasteiger charge is 2.51. The summed E-state index contributed by atoms with van der Waals surface area (Å²) in [6.07, 6.45) is 1.49. The third-order valence-corrected chi connectivity index (χ3v) is 5.45. The lowest BCUT2D eigenvalue weighted by Gasteiger charge is -2.32. The second kappa shape index (κ2) is 6.54. The molecule has 2 fully saturated rings. The molecular weight excluding hydrogens is 321 g/mol. The van der Waals surface area contributed by atoms with E-state index in [4.69, 9.17) is 19.2 Å². The van der Waals surface area contributed by atoms with E-state index in [0.717, 1.165) is 30.5 Å². The lowest BCUT2D eigenvalue weighted by atomic mass is 9.79. The van der Waals surface area contributed by atoms with Gasteiger partial charge in [-0.3, -0.25) is 0 Å². The second-order valence-electron chi connectivity index (χ2n) is 7.80. The topological polar surface area (TPSA) is 77.0 Å². The van der Waals surface area contributed by atoms with Crippen LogP contribution in [-0.2, 0) is 9.31 Å². The highest BCUT2D eigenvalue weighted by molar-refractivity contribution is 6.62. The van der Waals surface area contributed by atoms with Crippen molar-refractivity contribution in [1.29, 1.82) is 0 Å². The molecule has 2 atom stereocenters. The Hall–Kier alpha value is -1.73. The zero-order chi connectivity index (χ0) is 18.2. The SMILES string of the molecule is CC1(C)OB(c2ccc(O[C@@H]3CCC[C@@H]3NC(=O)O)cc2)OC1(C)C. The molecule has 1 saturated heterocycles. The van der Waals surface area contributed by atoms with Crippen LogP contribution in [0.25, 0.3) is 0 Å². The lowest BCUT2D eigenvalue weighted by Crippen LogP contribution is -2.41. The van der Waals surface area contributed by atoms with E-state index in [1.54, 1.807) is 0 Å². The zero-order valence-electron chi connectivity index (χ0n) is 15.2. The first kappa shape index (κ1) is 18.1. The number of nitrogens with one attached hydrogen (secondary N) is 1. The van der Waals surface area contributed by atoms with Crippen LogP contribution in [0.15, 0.2) is 24.3 Å². The smallest absolute Gasteiger partial charge is 0.488 e. The molecule has 0 bridgehead atoms. The standard InChI is InChI=1S/C18H26BNO5/c1-17(2)18(3,4)25-19(24-17)12-8-10-13(11-9-12)23-15-7-5-6-14(15)20-16(21)22/h8-11,14-15,20H,5-7H2,1-4H3,(H,21,22)/t14-,15+/m0/s1. The lowest BCUT2D eigenvalue weighted by molar-refractivity contribution is 0.00578. The van der Waals surface area contributed by atoms with Gasteiger partial charge in [0.25, 0.3) is 0 Å². The minimum Gasteiger partial charge on any atom is -0.488 e. The van der Waals surface area contributed by atoms with Crippen LogP contribution in [0.3, 0.4) is 0 Å². The van der Waals surface area contributed by atoms with E-state index in [9.17, 15) is 4.79 Å².